The predicted molar refractivity (Wildman–Crippen MR) is 215 cm³/mol. The first-order valence-electron chi connectivity index (χ1n) is 18.5. The Balaban J connectivity index is 0.853. The van der Waals surface area contributed by atoms with Crippen LogP contribution in [0.5, 0.6) is 17.2 Å². The minimum atomic E-state index is -0.716. The van der Waals surface area contributed by atoms with Crippen molar-refractivity contribution in [1.29, 1.82) is 0 Å². The number of benzene rings is 6. The van der Waals surface area contributed by atoms with Crippen molar-refractivity contribution in [2.75, 3.05) is 10.2 Å². The molecule has 0 spiro atoms. The van der Waals surface area contributed by atoms with E-state index in [1.54, 1.807) is 48.5 Å². The molecule has 286 valence electrons. The third kappa shape index (κ3) is 7.87. The van der Waals surface area contributed by atoms with Crippen LogP contribution in [0.1, 0.15) is 59.8 Å². The fourth-order valence-electron chi connectivity index (χ4n) is 6.99. The smallest absolute Gasteiger partial charge is 0.343 e. The average Bonchev–Trinajstić information content (AvgIpc) is 3.49. The van der Waals surface area contributed by atoms with Crippen LogP contribution in [-0.2, 0) is 9.59 Å². The molecule has 0 bridgehead atoms. The molecule has 1 heterocycles. The van der Waals surface area contributed by atoms with Gasteiger partial charge in [0.15, 0.2) is 0 Å². The number of hydrogen-bond acceptors (Lipinski definition) is 9. The summed E-state index contributed by atoms with van der Waals surface area (Å²) >= 11 is 0. The Hall–Kier alpha value is -7.66. The highest BCUT2D eigenvalue weighted by Gasteiger charge is 2.47. The van der Waals surface area contributed by atoms with Gasteiger partial charge in [0.05, 0.1) is 34.2 Å². The first-order chi connectivity index (χ1) is 28.1. The van der Waals surface area contributed by atoms with Crippen molar-refractivity contribution in [3.8, 4) is 17.2 Å². The second-order valence-electron chi connectivity index (χ2n) is 14.0. The highest BCUT2D eigenvalue weighted by Crippen LogP contribution is 2.38. The maximum atomic E-state index is 13.2. The summed E-state index contributed by atoms with van der Waals surface area (Å²) in [4.78, 5) is 79.1. The minimum Gasteiger partial charge on any atom is -0.423 e. The molecule has 2 aliphatic rings. The molecule has 0 aromatic heterocycles. The number of allylic oxidation sites excluding steroid dienone is 2. The number of nitrogens with one attached hydrogen (secondary N) is 1. The number of fused-ring (bicyclic) bond motifs is 2. The molecule has 6 aromatic carbocycles. The Labute approximate surface area is 332 Å². The van der Waals surface area contributed by atoms with Gasteiger partial charge in [-0.1, -0.05) is 54.1 Å². The molecule has 0 saturated carbocycles. The molecule has 1 aliphatic carbocycles. The maximum Gasteiger partial charge on any atom is 0.343 e. The van der Waals surface area contributed by atoms with Crippen LogP contribution < -0.4 is 24.4 Å². The van der Waals surface area contributed by atoms with Crippen LogP contribution in [0.3, 0.4) is 0 Å². The van der Waals surface area contributed by atoms with Crippen molar-refractivity contribution in [1.82, 2.24) is 0 Å². The van der Waals surface area contributed by atoms with Crippen molar-refractivity contribution in [3.63, 3.8) is 0 Å². The van der Waals surface area contributed by atoms with Crippen molar-refractivity contribution in [2.24, 2.45) is 11.8 Å². The second kappa shape index (κ2) is 15.8. The van der Waals surface area contributed by atoms with E-state index < -0.39 is 23.8 Å². The van der Waals surface area contributed by atoms with Crippen LogP contribution in [0.4, 0.5) is 11.4 Å². The Morgan fingerprint density at radius 2 is 1.07 bits per heavy atom. The molecule has 11 heteroatoms. The summed E-state index contributed by atoms with van der Waals surface area (Å²) in [6.07, 6.45) is 4.91. The Morgan fingerprint density at radius 3 is 1.76 bits per heavy atom. The van der Waals surface area contributed by atoms with Crippen molar-refractivity contribution in [3.05, 3.63) is 173 Å². The number of anilines is 2. The molecular weight excluding hydrogens is 737 g/mol. The molecule has 3 amide bonds. The largest absolute Gasteiger partial charge is 0.423 e. The van der Waals surface area contributed by atoms with Crippen LogP contribution in [0.15, 0.2) is 146 Å². The summed E-state index contributed by atoms with van der Waals surface area (Å²) in [5.41, 5.74) is 2.60. The third-order valence-corrected chi connectivity index (χ3v) is 10.0. The lowest BCUT2D eigenvalue weighted by Crippen LogP contribution is -2.30. The first-order valence-corrected chi connectivity index (χ1v) is 18.5. The number of hydrogen-bond donors (Lipinski definition) is 1. The van der Waals surface area contributed by atoms with E-state index in [1.807, 2.05) is 43.3 Å². The normalized spacial score (nSPS) is 15.8. The van der Waals surface area contributed by atoms with E-state index in [2.05, 4.69) is 5.32 Å². The molecule has 0 radical (unpaired) electrons. The highest BCUT2D eigenvalue weighted by atomic mass is 16.5. The fourth-order valence-corrected chi connectivity index (χ4v) is 6.99. The van der Waals surface area contributed by atoms with Gasteiger partial charge in [0.25, 0.3) is 5.91 Å². The van der Waals surface area contributed by atoms with Crippen LogP contribution in [-0.4, -0.2) is 35.6 Å². The topological polar surface area (TPSA) is 145 Å². The SMILES string of the molecule is Cc1ccc2cc(OC(=O)c3ccc(OC(=O)c4cccc(C(=O)Nc5cccc(OC(=O)c6ccc(N7C(=O)C8CC=CCC8C7=O)cc6)c5)c4)cc3)ccc2c1. The molecule has 11 nitrogen and oxygen atoms in total. The Morgan fingerprint density at radius 1 is 0.534 bits per heavy atom. The molecular formula is C47H34N2O9. The van der Waals surface area contributed by atoms with E-state index in [9.17, 15) is 28.8 Å². The number of carbonyl (C=O) groups is 6. The van der Waals surface area contributed by atoms with Gasteiger partial charge in [0.2, 0.25) is 11.8 Å². The number of nitrogens with zero attached hydrogens (tertiary/aromatic N) is 1. The van der Waals surface area contributed by atoms with E-state index in [0.717, 1.165) is 16.3 Å². The molecule has 1 saturated heterocycles. The Kier molecular flexibility index (Phi) is 10.2. The van der Waals surface area contributed by atoms with Crippen LogP contribution >= 0.6 is 0 Å². The number of aryl methyl sites for hydroxylation is 1. The number of imide groups is 1. The minimum absolute atomic E-state index is 0.116. The van der Waals surface area contributed by atoms with Crippen molar-refractivity contribution >= 4 is 57.8 Å². The third-order valence-electron chi connectivity index (χ3n) is 10.0. The molecule has 6 aromatic rings. The Bertz CT molecular complexity index is 2640. The summed E-state index contributed by atoms with van der Waals surface area (Å²) in [6, 6.07) is 35.6. The van der Waals surface area contributed by atoms with Gasteiger partial charge in [0, 0.05) is 17.3 Å². The monoisotopic (exact) mass is 770 g/mol. The predicted octanol–water partition coefficient (Wildman–Crippen LogP) is 8.51. The molecule has 1 N–H and O–H groups in total. The second-order valence-corrected chi connectivity index (χ2v) is 14.0. The number of esters is 3. The van der Waals surface area contributed by atoms with Crippen LogP contribution in [0.25, 0.3) is 10.8 Å². The first kappa shape index (κ1) is 37.3. The van der Waals surface area contributed by atoms with Gasteiger partial charge in [0.1, 0.15) is 17.2 Å². The van der Waals surface area contributed by atoms with E-state index in [0.29, 0.717) is 30.0 Å². The summed E-state index contributed by atoms with van der Waals surface area (Å²) < 4.78 is 16.6. The summed E-state index contributed by atoms with van der Waals surface area (Å²) in [7, 11) is 0. The molecule has 2 unspecified atom stereocenters. The lowest BCUT2D eigenvalue weighted by Gasteiger charge is -2.15. The molecule has 2 atom stereocenters. The number of ether oxygens (including phenoxy) is 3. The summed E-state index contributed by atoms with van der Waals surface area (Å²) in [5.74, 6) is -2.94. The maximum absolute atomic E-state index is 13.2. The zero-order valence-electron chi connectivity index (χ0n) is 31.0. The van der Waals surface area contributed by atoms with Gasteiger partial charge in [-0.3, -0.25) is 19.3 Å². The number of amides is 3. The van der Waals surface area contributed by atoms with Gasteiger partial charge in [-0.25, -0.2) is 14.4 Å². The van der Waals surface area contributed by atoms with Crippen LogP contribution in [0.2, 0.25) is 0 Å². The van der Waals surface area contributed by atoms with Gasteiger partial charge in [-0.05, 0) is 122 Å². The summed E-state index contributed by atoms with van der Waals surface area (Å²) in [6.45, 7) is 2.01. The standard InChI is InChI=1S/C47H34N2O9/c1-28-12-13-32-26-39(23-18-31(32)24-28)58-46(54)30-16-21-37(22-17-30)56-47(55)34-7-4-6-33(25-34)42(50)48-35-8-5-9-38(27-35)57-45(53)29-14-19-36(20-15-29)49-43(51)40-10-2-3-11-41(40)44(49)52/h2-9,12-27,40-41H,10-11H2,1H3,(H,48,50). The van der Waals surface area contributed by atoms with E-state index in [1.165, 1.54) is 65.6 Å². The van der Waals surface area contributed by atoms with Gasteiger partial charge in [-0.2, -0.15) is 0 Å². The van der Waals surface area contributed by atoms with Crippen molar-refractivity contribution in [2.45, 2.75) is 19.8 Å². The summed E-state index contributed by atoms with van der Waals surface area (Å²) in [5, 5.41) is 4.73. The molecule has 1 aliphatic heterocycles. The van der Waals surface area contributed by atoms with E-state index in [-0.39, 0.29) is 57.4 Å². The number of rotatable bonds is 9. The zero-order valence-corrected chi connectivity index (χ0v) is 31.0. The highest BCUT2D eigenvalue weighted by molar-refractivity contribution is 6.22. The molecule has 58 heavy (non-hydrogen) atoms. The lowest BCUT2D eigenvalue weighted by atomic mass is 9.85. The van der Waals surface area contributed by atoms with E-state index in [4.69, 9.17) is 14.2 Å². The van der Waals surface area contributed by atoms with Crippen LogP contribution in [0, 0.1) is 18.8 Å². The van der Waals surface area contributed by atoms with Gasteiger partial charge < -0.3 is 19.5 Å². The van der Waals surface area contributed by atoms with Gasteiger partial charge >= 0.3 is 17.9 Å². The van der Waals surface area contributed by atoms with Crippen molar-refractivity contribution < 1.29 is 43.0 Å². The number of carbonyl (C=O) groups excluding carboxylic acids is 6. The van der Waals surface area contributed by atoms with Gasteiger partial charge in [-0.15, -0.1) is 0 Å². The zero-order chi connectivity index (χ0) is 40.3. The van der Waals surface area contributed by atoms with E-state index >= 15 is 0 Å². The molecule has 1 fully saturated rings. The quantitative estimate of drug-likeness (QED) is 0.0662. The molecule has 8 rings (SSSR count). The average molecular weight is 771 g/mol. The fraction of sp³-hybridized carbons (Fsp3) is 0.106. The lowest BCUT2D eigenvalue weighted by molar-refractivity contribution is -0.122.